The van der Waals surface area contributed by atoms with Gasteiger partial charge in [0.05, 0.1) is 27.7 Å². The maximum absolute atomic E-state index is 12.7. The van der Waals surface area contributed by atoms with E-state index in [1.54, 1.807) is 0 Å². The summed E-state index contributed by atoms with van der Waals surface area (Å²) in [6.45, 7) is 4.16. The number of quaternary nitrogens is 1. The molecule has 10 heteroatoms. The van der Waals surface area contributed by atoms with Crippen molar-refractivity contribution in [2.24, 2.45) is 0 Å². The lowest BCUT2D eigenvalue weighted by Gasteiger charge is -2.28. The van der Waals surface area contributed by atoms with E-state index in [9.17, 15) is 19.0 Å². The van der Waals surface area contributed by atoms with Crippen LogP contribution in [0.2, 0.25) is 0 Å². The van der Waals surface area contributed by atoms with Gasteiger partial charge in [-0.1, -0.05) is 165 Å². The van der Waals surface area contributed by atoms with E-state index in [4.69, 9.17) is 18.5 Å². The van der Waals surface area contributed by atoms with Crippen LogP contribution in [0.15, 0.2) is 48.6 Å². The molecule has 0 saturated heterocycles. The van der Waals surface area contributed by atoms with Crippen molar-refractivity contribution in [1.82, 2.24) is 0 Å². The predicted octanol–water partition coefficient (Wildman–Crippen LogP) is 13.2. The van der Waals surface area contributed by atoms with Crippen molar-refractivity contribution >= 4 is 19.8 Å². The number of esters is 2. The molecule has 0 rings (SSSR count). The van der Waals surface area contributed by atoms with E-state index in [2.05, 4.69) is 62.5 Å². The first-order valence-electron chi connectivity index (χ1n) is 23.8. The Morgan fingerprint density at radius 3 is 1.39 bits per heavy atom. The number of carbonyl (C=O) groups is 2. The number of allylic oxidation sites excluding steroid dienone is 8. The van der Waals surface area contributed by atoms with Gasteiger partial charge in [-0.3, -0.25) is 14.2 Å². The van der Waals surface area contributed by atoms with Crippen LogP contribution in [0.3, 0.4) is 0 Å². The topological polar surface area (TPSA) is 111 Å². The average molecular weight is 852 g/mol. The van der Waals surface area contributed by atoms with Crippen molar-refractivity contribution in [2.75, 3.05) is 47.5 Å². The summed E-state index contributed by atoms with van der Waals surface area (Å²) in [6.07, 6.45) is 48.5. The minimum Gasteiger partial charge on any atom is -0.756 e. The van der Waals surface area contributed by atoms with Crippen molar-refractivity contribution in [3.63, 3.8) is 0 Å². The predicted molar refractivity (Wildman–Crippen MR) is 245 cm³/mol. The van der Waals surface area contributed by atoms with Gasteiger partial charge < -0.3 is 27.9 Å². The van der Waals surface area contributed by atoms with E-state index >= 15 is 0 Å². The monoisotopic (exact) mass is 852 g/mol. The van der Waals surface area contributed by atoms with Gasteiger partial charge in [0.15, 0.2) is 6.10 Å². The van der Waals surface area contributed by atoms with Crippen molar-refractivity contribution in [3.8, 4) is 0 Å². The Morgan fingerprint density at radius 1 is 0.525 bits per heavy atom. The number of phosphoric ester groups is 1. The maximum Gasteiger partial charge on any atom is 0.306 e. The smallest absolute Gasteiger partial charge is 0.306 e. The molecule has 0 N–H and O–H groups in total. The van der Waals surface area contributed by atoms with Gasteiger partial charge in [0, 0.05) is 12.8 Å². The first kappa shape index (κ1) is 57.0. The van der Waals surface area contributed by atoms with Crippen LogP contribution in [-0.2, 0) is 32.7 Å². The normalized spacial score (nSPS) is 13.9. The third kappa shape index (κ3) is 45.3. The van der Waals surface area contributed by atoms with Crippen LogP contribution in [0.1, 0.15) is 200 Å². The molecule has 0 aromatic rings. The number of unbranched alkanes of at least 4 members (excludes halogenated alkanes) is 21. The summed E-state index contributed by atoms with van der Waals surface area (Å²) in [5, 5.41) is 0. The number of ether oxygens (including phenoxy) is 2. The quantitative estimate of drug-likeness (QED) is 0.0196. The summed E-state index contributed by atoms with van der Waals surface area (Å²) < 4.78 is 33.9. The fourth-order valence-corrected chi connectivity index (χ4v) is 7.02. The van der Waals surface area contributed by atoms with Gasteiger partial charge in [0.2, 0.25) is 0 Å². The summed E-state index contributed by atoms with van der Waals surface area (Å²) in [4.78, 5) is 37.6. The lowest BCUT2D eigenvalue weighted by Crippen LogP contribution is -2.37. The molecule has 9 nitrogen and oxygen atoms in total. The molecule has 0 fully saturated rings. The van der Waals surface area contributed by atoms with Gasteiger partial charge in [-0.15, -0.1) is 0 Å². The second-order valence-electron chi connectivity index (χ2n) is 17.1. The van der Waals surface area contributed by atoms with Crippen LogP contribution < -0.4 is 4.89 Å². The van der Waals surface area contributed by atoms with Crippen LogP contribution >= 0.6 is 7.82 Å². The van der Waals surface area contributed by atoms with Crippen molar-refractivity contribution in [2.45, 2.75) is 206 Å². The van der Waals surface area contributed by atoms with E-state index < -0.39 is 32.5 Å². The van der Waals surface area contributed by atoms with Gasteiger partial charge in [-0.25, -0.2) is 0 Å². The number of nitrogens with zero attached hydrogens (tertiary/aromatic N) is 1. The standard InChI is InChI=1S/C49H90NO8P/c1-6-8-10-12-14-16-18-20-22-23-24-25-26-27-28-30-32-34-36-38-40-42-49(52)58-47(46-57-59(53,54)56-44-43-50(3,4)5)45-55-48(51)41-39-37-35-33-31-29-21-19-17-15-13-11-9-7-2/h13,15,18-21,23-24,47H,6-12,14,16-17,22,25-46H2,1-5H3/b15-13-,20-18-,21-19-,24-23-. The molecule has 344 valence electrons. The first-order chi connectivity index (χ1) is 28.5. The lowest BCUT2D eigenvalue weighted by atomic mass is 10.1. The fourth-order valence-electron chi connectivity index (χ4n) is 6.29. The summed E-state index contributed by atoms with van der Waals surface area (Å²) >= 11 is 0. The van der Waals surface area contributed by atoms with E-state index in [0.717, 1.165) is 77.0 Å². The highest BCUT2D eigenvalue weighted by Gasteiger charge is 2.21. The second-order valence-corrected chi connectivity index (χ2v) is 18.5. The van der Waals surface area contributed by atoms with E-state index in [0.29, 0.717) is 23.9 Å². The molecule has 0 aromatic heterocycles. The molecular formula is C49H90NO8P. The molecule has 0 aliphatic rings. The number of phosphoric acid groups is 1. The molecule has 0 aromatic carbocycles. The van der Waals surface area contributed by atoms with Gasteiger partial charge in [0.25, 0.3) is 7.82 Å². The average Bonchev–Trinajstić information content (AvgIpc) is 3.19. The van der Waals surface area contributed by atoms with Gasteiger partial charge in [0.1, 0.15) is 19.8 Å². The van der Waals surface area contributed by atoms with E-state index in [1.165, 1.54) is 83.5 Å². The van der Waals surface area contributed by atoms with Crippen molar-refractivity contribution in [1.29, 1.82) is 0 Å². The highest BCUT2D eigenvalue weighted by molar-refractivity contribution is 7.45. The molecule has 0 aliphatic heterocycles. The number of likely N-dealkylation sites (N-methyl/N-ethyl adjacent to an activating group) is 1. The molecule has 0 radical (unpaired) electrons. The third-order valence-electron chi connectivity index (χ3n) is 10.1. The number of hydrogen-bond acceptors (Lipinski definition) is 8. The zero-order valence-corrected chi connectivity index (χ0v) is 39.6. The Kier molecular flexibility index (Phi) is 39.9. The van der Waals surface area contributed by atoms with Crippen molar-refractivity contribution < 1.29 is 42.1 Å². The molecule has 0 saturated carbocycles. The molecule has 59 heavy (non-hydrogen) atoms. The van der Waals surface area contributed by atoms with Crippen molar-refractivity contribution in [3.05, 3.63) is 48.6 Å². The van der Waals surface area contributed by atoms with E-state index in [-0.39, 0.29) is 26.1 Å². The van der Waals surface area contributed by atoms with Crippen LogP contribution in [0.25, 0.3) is 0 Å². The second kappa shape index (κ2) is 41.3. The zero-order valence-electron chi connectivity index (χ0n) is 38.7. The molecule has 0 aliphatic carbocycles. The summed E-state index contributed by atoms with van der Waals surface area (Å²) in [5.74, 6) is -0.855. The lowest BCUT2D eigenvalue weighted by molar-refractivity contribution is -0.870. The van der Waals surface area contributed by atoms with Gasteiger partial charge in [-0.2, -0.15) is 0 Å². The SMILES string of the molecule is CCCC/C=C\C/C=C\CCCCCCCC(=O)OCC(COP(=O)([O-])OCC[N+](C)(C)C)OC(=O)CCCCCCCCCCC/C=C\C/C=C\CCCCCCC. The molecular weight excluding hydrogens is 762 g/mol. The van der Waals surface area contributed by atoms with Crippen LogP contribution in [0, 0.1) is 0 Å². The van der Waals surface area contributed by atoms with Crippen LogP contribution in [0.4, 0.5) is 0 Å². The molecule has 0 spiro atoms. The maximum atomic E-state index is 12.7. The highest BCUT2D eigenvalue weighted by atomic mass is 31.2. The minimum absolute atomic E-state index is 0.0353. The molecule has 0 heterocycles. The zero-order chi connectivity index (χ0) is 43.6. The molecule has 2 unspecified atom stereocenters. The first-order valence-corrected chi connectivity index (χ1v) is 25.3. The Balaban J connectivity index is 4.31. The Labute approximate surface area is 363 Å². The third-order valence-corrected chi connectivity index (χ3v) is 11.0. The largest absolute Gasteiger partial charge is 0.756 e. The highest BCUT2D eigenvalue weighted by Crippen LogP contribution is 2.38. The summed E-state index contributed by atoms with van der Waals surface area (Å²) in [5.41, 5.74) is 0. The molecule has 0 bridgehead atoms. The number of carbonyl (C=O) groups excluding carboxylic acids is 2. The van der Waals surface area contributed by atoms with Crippen LogP contribution in [0.5, 0.6) is 0 Å². The Bertz CT molecular complexity index is 1150. The van der Waals surface area contributed by atoms with Gasteiger partial charge >= 0.3 is 11.9 Å². The molecule has 0 amide bonds. The van der Waals surface area contributed by atoms with Gasteiger partial charge in [-0.05, 0) is 70.6 Å². The molecule has 2 atom stereocenters. The Hall–Kier alpha value is -2.03. The Morgan fingerprint density at radius 2 is 0.932 bits per heavy atom. The minimum atomic E-state index is -4.63. The number of rotatable bonds is 43. The van der Waals surface area contributed by atoms with Crippen LogP contribution in [-0.4, -0.2) is 70.0 Å². The summed E-state index contributed by atoms with van der Waals surface area (Å²) in [6, 6.07) is 0. The fraction of sp³-hybridized carbons (Fsp3) is 0.796. The summed E-state index contributed by atoms with van der Waals surface area (Å²) in [7, 11) is 1.15. The number of hydrogen-bond donors (Lipinski definition) is 0. The van der Waals surface area contributed by atoms with E-state index in [1.807, 2.05) is 21.1 Å².